The summed E-state index contributed by atoms with van der Waals surface area (Å²) in [4.78, 5) is 23.4. The van der Waals surface area contributed by atoms with Gasteiger partial charge in [0.2, 0.25) is 0 Å². The van der Waals surface area contributed by atoms with Crippen LogP contribution in [-0.2, 0) is 19.1 Å². The third-order valence-electron chi connectivity index (χ3n) is 4.01. The van der Waals surface area contributed by atoms with E-state index in [0.29, 0.717) is 12.8 Å². The van der Waals surface area contributed by atoms with Gasteiger partial charge in [-0.2, -0.15) is 0 Å². The van der Waals surface area contributed by atoms with Crippen molar-refractivity contribution in [3.63, 3.8) is 0 Å². The highest BCUT2D eigenvalue weighted by atomic mass is 16.6. The zero-order chi connectivity index (χ0) is 19.5. The van der Waals surface area contributed by atoms with Gasteiger partial charge in [-0.3, -0.25) is 9.59 Å². The van der Waals surface area contributed by atoms with Crippen molar-refractivity contribution in [2.45, 2.75) is 83.2 Å². The summed E-state index contributed by atoms with van der Waals surface area (Å²) in [6.45, 7) is 6.91. The average molecular weight is 369 g/mol. The highest BCUT2D eigenvalue weighted by Gasteiger charge is 2.15. The fourth-order valence-corrected chi connectivity index (χ4v) is 2.45. The monoisotopic (exact) mass is 368 g/mol. The maximum atomic E-state index is 11.7. The van der Waals surface area contributed by atoms with Gasteiger partial charge in [0.05, 0.1) is 6.61 Å². The summed E-state index contributed by atoms with van der Waals surface area (Å²) in [5, 5.41) is 9.27. The number of aliphatic hydroxyl groups excluding tert-OH is 1. The van der Waals surface area contributed by atoms with Crippen LogP contribution in [-0.4, -0.2) is 36.4 Å². The molecule has 0 heterocycles. The second-order valence-corrected chi connectivity index (χ2v) is 6.46. The van der Waals surface area contributed by atoms with Crippen LogP contribution in [0, 0.1) is 0 Å². The highest BCUT2D eigenvalue weighted by molar-refractivity contribution is 5.70. The van der Waals surface area contributed by atoms with Crippen LogP contribution in [0.1, 0.15) is 77.0 Å². The Balaban J connectivity index is 3.72. The molecule has 0 aliphatic rings. The van der Waals surface area contributed by atoms with Crippen molar-refractivity contribution in [1.82, 2.24) is 0 Å². The van der Waals surface area contributed by atoms with Gasteiger partial charge in [-0.25, -0.2) is 0 Å². The Morgan fingerprint density at radius 1 is 0.808 bits per heavy atom. The van der Waals surface area contributed by atoms with E-state index >= 15 is 0 Å². The lowest BCUT2D eigenvalue weighted by atomic mass is 10.1. The second kappa shape index (κ2) is 18.2. The van der Waals surface area contributed by atoms with Gasteiger partial charge >= 0.3 is 11.9 Å². The molecule has 1 N–H and O–H groups in total. The normalized spacial score (nSPS) is 11.6. The second-order valence-electron chi connectivity index (χ2n) is 6.46. The molecule has 5 heteroatoms. The summed E-state index contributed by atoms with van der Waals surface area (Å²) in [6, 6.07) is 0. The van der Waals surface area contributed by atoms with E-state index in [-0.39, 0.29) is 25.2 Å². The van der Waals surface area contributed by atoms with Gasteiger partial charge in [0.15, 0.2) is 6.10 Å². The molecule has 0 unspecified atom stereocenters. The Bertz CT molecular complexity index is 392. The minimum atomic E-state index is -0.778. The number of hydrogen-bond acceptors (Lipinski definition) is 5. The average Bonchev–Trinajstić information content (AvgIpc) is 2.64. The van der Waals surface area contributed by atoms with Crippen molar-refractivity contribution in [3.8, 4) is 0 Å². The topological polar surface area (TPSA) is 72.8 Å². The van der Waals surface area contributed by atoms with Crippen molar-refractivity contribution in [2.75, 3.05) is 13.2 Å². The third-order valence-corrected chi connectivity index (χ3v) is 4.01. The Morgan fingerprint density at radius 3 is 1.81 bits per heavy atom. The number of ether oxygens (including phenoxy) is 2. The summed E-state index contributed by atoms with van der Waals surface area (Å²) in [6.07, 6.45) is 13.5. The number of rotatable bonds is 18. The molecule has 1 atom stereocenters. The molecule has 0 amide bonds. The molecule has 0 saturated heterocycles. The summed E-state index contributed by atoms with van der Waals surface area (Å²) >= 11 is 0. The SMILES string of the molecule is C=CCCCCCCC(=O)OC[C@H](CO)OC(=O)CCCCCCC=C. The molecule has 0 aromatic rings. The number of esters is 2. The summed E-state index contributed by atoms with van der Waals surface area (Å²) in [5.74, 6) is -0.670. The zero-order valence-corrected chi connectivity index (χ0v) is 16.1. The van der Waals surface area contributed by atoms with Gasteiger partial charge in [0, 0.05) is 12.8 Å². The van der Waals surface area contributed by atoms with E-state index in [1.54, 1.807) is 0 Å². The molecular formula is C21H36O5. The molecule has 0 aliphatic carbocycles. The van der Waals surface area contributed by atoms with Crippen molar-refractivity contribution < 1.29 is 24.2 Å². The molecular weight excluding hydrogens is 332 g/mol. The number of carbonyl (C=O) groups excluding carboxylic acids is 2. The lowest BCUT2D eigenvalue weighted by Gasteiger charge is -2.15. The fraction of sp³-hybridized carbons (Fsp3) is 0.714. The lowest BCUT2D eigenvalue weighted by molar-refractivity contribution is -0.161. The Hall–Kier alpha value is -1.62. The smallest absolute Gasteiger partial charge is 0.306 e. The number of allylic oxidation sites excluding steroid dienone is 2. The first-order valence-corrected chi connectivity index (χ1v) is 9.81. The van der Waals surface area contributed by atoms with Gasteiger partial charge in [-0.05, 0) is 38.5 Å². The lowest BCUT2D eigenvalue weighted by Crippen LogP contribution is -2.28. The van der Waals surface area contributed by atoms with Crippen LogP contribution >= 0.6 is 0 Å². The van der Waals surface area contributed by atoms with E-state index in [4.69, 9.17) is 9.47 Å². The first kappa shape index (κ1) is 24.4. The summed E-state index contributed by atoms with van der Waals surface area (Å²) in [5.41, 5.74) is 0. The number of hydrogen-bond donors (Lipinski definition) is 1. The zero-order valence-electron chi connectivity index (χ0n) is 16.1. The van der Waals surface area contributed by atoms with E-state index in [2.05, 4.69) is 13.2 Å². The van der Waals surface area contributed by atoms with E-state index in [9.17, 15) is 14.7 Å². The highest BCUT2D eigenvalue weighted by Crippen LogP contribution is 2.09. The Kier molecular flexibility index (Phi) is 17.0. The molecule has 0 aromatic carbocycles. The largest absolute Gasteiger partial charge is 0.462 e. The maximum absolute atomic E-state index is 11.7. The predicted molar refractivity (Wildman–Crippen MR) is 104 cm³/mol. The number of carbonyl (C=O) groups is 2. The molecule has 0 rings (SSSR count). The minimum absolute atomic E-state index is 0.0864. The molecule has 0 saturated carbocycles. The number of unbranched alkanes of at least 4 members (excludes halogenated alkanes) is 8. The summed E-state index contributed by atoms with van der Waals surface area (Å²) in [7, 11) is 0. The van der Waals surface area contributed by atoms with Crippen LogP contribution < -0.4 is 0 Å². The molecule has 0 radical (unpaired) electrons. The van der Waals surface area contributed by atoms with E-state index in [0.717, 1.165) is 64.2 Å². The third kappa shape index (κ3) is 15.9. The molecule has 0 aliphatic heterocycles. The van der Waals surface area contributed by atoms with Crippen molar-refractivity contribution in [3.05, 3.63) is 25.3 Å². The number of aliphatic hydroxyl groups is 1. The first-order valence-electron chi connectivity index (χ1n) is 9.81. The minimum Gasteiger partial charge on any atom is -0.462 e. The van der Waals surface area contributed by atoms with Crippen LogP contribution in [0.2, 0.25) is 0 Å². The fourth-order valence-electron chi connectivity index (χ4n) is 2.45. The molecule has 150 valence electrons. The van der Waals surface area contributed by atoms with E-state index in [1.165, 1.54) is 0 Å². The molecule has 0 bridgehead atoms. The Labute approximate surface area is 158 Å². The van der Waals surface area contributed by atoms with Crippen molar-refractivity contribution in [1.29, 1.82) is 0 Å². The van der Waals surface area contributed by atoms with Crippen molar-refractivity contribution >= 4 is 11.9 Å². The van der Waals surface area contributed by atoms with Gasteiger partial charge in [0.25, 0.3) is 0 Å². The molecule has 26 heavy (non-hydrogen) atoms. The van der Waals surface area contributed by atoms with Gasteiger partial charge in [-0.1, -0.05) is 37.8 Å². The first-order chi connectivity index (χ1) is 12.6. The predicted octanol–water partition coefficient (Wildman–Crippen LogP) is 4.49. The van der Waals surface area contributed by atoms with Crippen LogP contribution in [0.4, 0.5) is 0 Å². The van der Waals surface area contributed by atoms with E-state index in [1.807, 2.05) is 12.2 Å². The molecule has 5 nitrogen and oxygen atoms in total. The quantitative estimate of drug-likeness (QED) is 0.219. The van der Waals surface area contributed by atoms with Gasteiger partial charge in [0.1, 0.15) is 6.61 Å². The van der Waals surface area contributed by atoms with Crippen LogP contribution in [0.5, 0.6) is 0 Å². The standard InChI is InChI=1S/C21H36O5/c1-3-5-7-9-11-13-15-20(23)25-18-19(17-22)26-21(24)16-14-12-10-8-6-4-2/h3-4,19,22H,1-2,5-18H2/t19-/m0/s1. The van der Waals surface area contributed by atoms with Gasteiger partial charge < -0.3 is 14.6 Å². The molecule has 0 fully saturated rings. The van der Waals surface area contributed by atoms with E-state index < -0.39 is 6.10 Å². The Morgan fingerprint density at radius 2 is 1.31 bits per heavy atom. The van der Waals surface area contributed by atoms with Crippen molar-refractivity contribution in [2.24, 2.45) is 0 Å². The van der Waals surface area contributed by atoms with Crippen LogP contribution in [0.3, 0.4) is 0 Å². The summed E-state index contributed by atoms with van der Waals surface area (Å²) < 4.78 is 10.2. The van der Waals surface area contributed by atoms with Crippen LogP contribution in [0.25, 0.3) is 0 Å². The molecule has 0 aromatic heterocycles. The molecule has 0 spiro atoms. The van der Waals surface area contributed by atoms with Gasteiger partial charge in [-0.15, -0.1) is 13.2 Å². The van der Waals surface area contributed by atoms with Crippen LogP contribution in [0.15, 0.2) is 25.3 Å². The maximum Gasteiger partial charge on any atom is 0.306 e.